The summed E-state index contributed by atoms with van der Waals surface area (Å²) in [7, 11) is 0. The second kappa shape index (κ2) is 4.52. The summed E-state index contributed by atoms with van der Waals surface area (Å²) in [6.07, 6.45) is 1.79. The van der Waals surface area contributed by atoms with Gasteiger partial charge in [-0.15, -0.1) is 11.3 Å². The average molecular weight is 250 g/mol. The van der Waals surface area contributed by atoms with E-state index in [9.17, 15) is 0 Å². The van der Waals surface area contributed by atoms with Gasteiger partial charge in [-0.1, -0.05) is 11.6 Å². The Labute approximate surface area is 102 Å². The lowest BCUT2D eigenvalue weighted by Gasteiger charge is -2.04. The van der Waals surface area contributed by atoms with E-state index in [-0.39, 0.29) is 0 Å². The molecular formula is C11H8ClN3S. The molecule has 0 aliphatic carbocycles. The quantitative estimate of drug-likeness (QED) is 0.883. The van der Waals surface area contributed by atoms with Gasteiger partial charge in [-0.2, -0.15) is 5.26 Å². The number of rotatable bonds is 2. The van der Waals surface area contributed by atoms with Crippen molar-refractivity contribution in [1.29, 1.82) is 5.26 Å². The second-order valence-corrected chi connectivity index (χ2v) is 4.87. The molecule has 1 aromatic heterocycles. The van der Waals surface area contributed by atoms with E-state index in [4.69, 9.17) is 16.9 Å². The van der Waals surface area contributed by atoms with Crippen LogP contribution < -0.4 is 5.32 Å². The molecule has 0 atom stereocenters. The molecule has 0 unspecified atom stereocenters. The zero-order chi connectivity index (χ0) is 11.5. The van der Waals surface area contributed by atoms with Crippen molar-refractivity contribution in [3.8, 4) is 6.07 Å². The molecule has 1 aromatic carbocycles. The highest BCUT2D eigenvalue weighted by Crippen LogP contribution is 2.26. The summed E-state index contributed by atoms with van der Waals surface area (Å²) in [5, 5.41) is 13.4. The lowest BCUT2D eigenvalue weighted by atomic mass is 10.2. The Morgan fingerprint density at radius 2 is 2.31 bits per heavy atom. The Morgan fingerprint density at radius 1 is 1.50 bits per heavy atom. The van der Waals surface area contributed by atoms with Gasteiger partial charge < -0.3 is 5.32 Å². The molecule has 0 spiro atoms. The molecule has 0 amide bonds. The number of aryl methyl sites for hydroxylation is 1. The Bertz CT molecular complexity index is 557. The van der Waals surface area contributed by atoms with Crippen molar-refractivity contribution in [2.24, 2.45) is 0 Å². The van der Waals surface area contributed by atoms with E-state index in [0.29, 0.717) is 10.6 Å². The molecule has 16 heavy (non-hydrogen) atoms. The minimum absolute atomic E-state index is 0.514. The molecular weight excluding hydrogens is 242 g/mol. The van der Waals surface area contributed by atoms with Crippen LogP contribution in [0, 0.1) is 18.3 Å². The van der Waals surface area contributed by atoms with Crippen LogP contribution in [0.2, 0.25) is 5.02 Å². The average Bonchev–Trinajstić information content (AvgIpc) is 2.67. The molecule has 5 heteroatoms. The van der Waals surface area contributed by atoms with Gasteiger partial charge in [0.15, 0.2) is 5.13 Å². The van der Waals surface area contributed by atoms with Crippen molar-refractivity contribution < 1.29 is 0 Å². The van der Waals surface area contributed by atoms with Crippen molar-refractivity contribution in [3.05, 3.63) is 39.9 Å². The maximum Gasteiger partial charge on any atom is 0.187 e. The third-order valence-corrected chi connectivity index (χ3v) is 3.03. The maximum absolute atomic E-state index is 8.96. The van der Waals surface area contributed by atoms with E-state index >= 15 is 0 Å². The van der Waals surface area contributed by atoms with Crippen molar-refractivity contribution in [2.45, 2.75) is 6.92 Å². The number of halogens is 1. The fraction of sp³-hybridized carbons (Fsp3) is 0.0909. The first-order chi connectivity index (χ1) is 7.69. The molecule has 3 nitrogen and oxygen atoms in total. The van der Waals surface area contributed by atoms with Crippen LogP contribution in [0.5, 0.6) is 0 Å². The lowest BCUT2D eigenvalue weighted by Crippen LogP contribution is -1.92. The summed E-state index contributed by atoms with van der Waals surface area (Å²) in [6, 6.07) is 7.24. The monoisotopic (exact) mass is 249 g/mol. The van der Waals surface area contributed by atoms with Crippen LogP contribution in [0.25, 0.3) is 0 Å². The summed E-state index contributed by atoms with van der Waals surface area (Å²) < 4.78 is 0. The summed E-state index contributed by atoms with van der Waals surface area (Å²) in [6.45, 7) is 1.98. The van der Waals surface area contributed by atoms with E-state index < -0.39 is 0 Å². The number of aromatic nitrogens is 1. The molecule has 0 bridgehead atoms. The Balaban J connectivity index is 2.31. The predicted molar refractivity (Wildman–Crippen MR) is 66.3 cm³/mol. The SMILES string of the molecule is Cc1cnc(Nc2ccc(Cl)cc2C#N)s1. The number of hydrogen-bond acceptors (Lipinski definition) is 4. The number of hydrogen-bond donors (Lipinski definition) is 1. The van der Waals surface area contributed by atoms with Gasteiger partial charge in [-0.3, -0.25) is 0 Å². The van der Waals surface area contributed by atoms with Gasteiger partial charge in [-0.05, 0) is 25.1 Å². The van der Waals surface area contributed by atoms with Crippen LogP contribution in [0.1, 0.15) is 10.4 Å². The molecule has 0 aliphatic heterocycles. The topological polar surface area (TPSA) is 48.7 Å². The summed E-state index contributed by atoms with van der Waals surface area (Å²) in [5.41, 5.74) is 1.24. The molecule has 1 N–H and O–H groups in total. The smallest absolute Gasteiger partial charge is 0.187 e. The van der Waals surface area contributed by atoms with Crippen LogP contribution >= 0.6 is 22.9 Å². The van der Waals surface area contributed by atoms with Crippen LogP contribution in [-0.2, 0) is 0 Å². The third kappa shape index (κ3) is 2.32. The van der Waals surface area contributed by atoms with Crippen LogP contribution in [0.15, 0.2) is 24.4 Å². The first-order valence-corrected chi connectivity index (χ1v) is 5.77. The Kier molecular flexibility index (Phi) is 3.09. The molecule has 0 aliphatic rings. The van der Waals surface area contributed by atoms with Gasteiger partial charge in [0.25, 0.3) is 0 Å². The van der Waals surface area contributed by atoms with Crippen LogP contribution in [0.3, 0.4) is 0 Å². The molecule has 0 saturated carbocycles. The highest BCUT2D eigenvalue weighted by atomic mass is 35.5. The van der Waals surface area contributed by atoms with Gasteiger partial charge in [0.1, 0.15) is 6.07 Å². The molecule has 2 aromatic rings. The fourth-order valence-electron chi connectivity index (χ4n) is 1.25. The molecule has 0 saturated heterocycles. The van der Waals surface area contributed by atoms with E-state index in [1.807, 2.05) is 6.92 Å². The highest BCUT2D eigenvalue weighted by Gasteiger charge is 2.05. The molecule has 0 fully saturated rings. The zero-order valence-electron chi connectivity index (χ0n) is 8.49. The first kappa shape index (κ1) is 10.9. The summed E-state index contributed by atoms with van der Waals surface area (Å²) >= 11 is 7.35. The normalized spacial score (nSPS) is 9.81. The minimum Gasteiger partial charge on any atom is -0.330 e. The van der Waals surface area contributed by atoms with Crippen molar-refractivity contribution >= 4 is 33.8 Å². The van der Waals surface area contributed by atoms with Crippen molar-refractivity contribution in [1.82, 2.24) is 4.98 Å². The largest absolute Gasteiger partial charge is 0.330 e. The van der Waals surface area contributed by atoms with Gasteiger partial charge in [0.05, 0.1) is 11.3 Å². The van der Waals surface area contributed by atoms with Crippen molar-refractivity contribution in [2.75, 3.05) is 5.32 Å². The molecule has 1 heterocycles. The van der Waals surface area contributed by atoms with Crippen LogP contribution in [-0.4, -0.2) is 4.98 Å². The van der Waals surface area contributed by atoms with E-state index in [1.54, 1.807) is 35.7 Å². The number of thiazole rings is 1. The van der Waals surface area contributed by atoms with Crippen LogP contribution in [0.4, 0.5) is 10.8 Å². The predicted octanol–water partition coefficient (Wildman–Crippen LogP) is 3.72. The van der Waals surface area contributed by atoms with Gasteiger partial charge in [0, 0.05) is 16.1 Å². The van der Waals surface area contributed by atoms with Gasteiger partial charge >= 0.3 is 0 Å². The Hall–Kier alpha value is -1.57. The van der Waals surface area contributed by atoms with Crippen molar-refractivity contribution in [3.63, 3.8) is 0 Å². The van der Waals surface area contributed by atoms with Gasteiger partial charge in [-0.25, -0.2) is 4.98 Å². The number of nitrogens with zero attached hydrogens (tertiary/aromatic N) is 2. The molecule has 0 radical (unpaired) electrons. The number of nitrogens with one attached hydrogen (secondary N) is 1. The second-order valence-electron chi connectivity index (χ2n) is 3.20. The van der Waals surface area contributed by atoms with E-state index in [2.05, 4.69) is 16.4 Å². The van der Waals surface area contributed by atoms with Gasteiger partial charge in [0.2, 0.25) is 0 Å². The van der Waals surface area contributed by atoms with E-state index in [0.717, 1.165) is 15.7 Å². The number of nitriles is 1. The lowest BCUT2D eigenvalue weighted by molar-refractivity contribution is 1.36. The zero-order valence-corrected chi connectivity index (χ0v) is 10.1. The third-order valence-electron chi connectivity index (χ3n) is 1.96. The summed E-state index contributed by atoms with van der Waals surface area (Å²) in [4.78, 5) is 5.29. The minimum atomic E-state index is 0.514. The standard InChI is InChI=1S/C11H8ClN3S/c1-7-6-14-11(16-7)15-10-3-2-9(12)4-8(10)5-13/h2-4,6H,1H3,(H,14,15). The first-order valence-electron chi connectivity index (χ1n) is 4.58. The number of benzene rings is 1. The molecule has 2 rings (SSSR count). The Morgan fingerprint density at radius 3 is 2.94 bits per heavy atom. The summed E-state index contributed by atoms with van der Waals surface area (Å²) in [5.74, 6) is 0. The molecule has 80 valence electrons. The maximum atomic E-state index is 8.96. The highest BCUT2D eigenvalue weighted by molar-refractivity contribution is 7.15. The van der Waals surface area contributed by atoms with E-state index in [1.165, 1.54) is 0 Å². The fourth-order valence-corrected chi connectivity index (χ4v) is 2.09. The number of anilines is 2.